The molecule has 7 heteroatoms. The van der Waals surface area contributed by atoms with Crippen LogP contribution in [0.4, 0.5) is 0 Å². The molecule has 1 amide bonds. The maximum Gasteiger partial charge on any atom is 0.325 e. The highest BCUT2D eigenvalue weighted by Crippen LogP contribution is 2.20. The number of β-amino-alcohol motifs (C(OH)–C–C–N with tert-alkyl or cyclic N) is 1. The van der Waals surface area contributed by atoms with E-state index >= 15 is 0 Å². The first kappa shape index (κ1) is 14.4. The molecule has 1 fully saturated rings. The van der Waals surface area contributed by atoms with Crippen molar-refractivity contribution < 1.29 is 29.0 Å². The number of rotatable bonds is 5. The van der Waals surface area contributed by atoms with E-state index in [4.69, 9.17) is 9.47 Å². The number of ether oxygens (including phenoxy) is 2. The Balaban J connectivity index is 2.63. The van der Waals surface area contributed by atoms with Crippen molar-refractivity contribution in [3.05, 3.63) is 0 Å². The van der Waals surface area contributed by atoms with Gasteiger partial charge in [-0.05, 0) is 13.8 Å². The first-order valence-corrected chi connectivity index (χ1v) is 5.80. The number of carbonyl (C=O) groups excluding carboxylic acids is 3. The van der Waals surface area contributed by atoms with Crippen molar-refractivity contribution >= 4 is 17.8 Å². The Bertz CT molecular complexity index is 342. The van der Waals surface area contributed by atoms with E-state index in [9.17, 15) is 19.5 Å². The standard InChI is InChI=1S/C11H17NO6/c1-3-17-8(14)6-12-5-7(13)9(10(12)15)11(16)18-4-2/h7,9,13H,3-6H2,1-2H3. The fourth-order valence-electron chi connectivity index (χ4n) is 1.78. The third-order valence-electron chi connectivity index (χ3n) is 2.54. The second-order valence-electron chi connectivity index (χ2n) is 3.82. The van der Waals surface area contributed by atoms with Crippen LogP contribution in [0.3, 0.4) is 0 Å². The molecular weight excluding hydrogens is 242 g/mol. The van der Waals surface area contributed by atoms with Gasteiger partial charge in [-0.2, -0.15) is 0 Å². The number of hydrogen-bond acceptors (Lipinski definition) is 6. The molecule has 0 aromatic heterocycles. The van der Waals surface area contributed by atoms with Gasteiger partial charge in [0.05, 0.1) is 19.3 Å². The summed E-state index contributed by atoms with van der Waals surface area (Å²) in [5.74, 6) is -3.17. The van der Waals surface area contributed by atoms with Gasteiger partial charge in [0.25, 0.3) is 0 Å². The van der Waals surface area contributed by atoms with Crippen LogP contribution in [0, 0.1) is 5.92 Å². The topological polar surface area (TPSA) is 93.1 Å². The molecule has 1 aliphatic heterocycles. The van der Waals surface area contributed by atoms with Crippen LogP contribution in [0.15, 0.2) is 0 Å². The van der Waals surface area contributed by atoms with Gasteiger partial charge < -0.3 is 19.5 Å². The Morgan fingerprint density at radius 3 is 2.50 bits per heavy atom. The molecule has 0 aliphatic carbocycles. The predicted molar refractivity (Wildman–Crippen MR) is 59.3 cm³/mol. The summed E-state index contributed by atoms with van der Waals surface area (Å²) >= 11 is 0. The summed E-state index contributed by atoms with van der Waals surface area (Å²) in [7, 11) is 0. The fourth-order valence-corrected chi connectivity index (χ4v) is 1.78. The highest BCUT2D eigenvalue weighted by molar-refractivity contribution is 6.01. The highest BCUT2D eigenvalue weighted by atomic mass is 16.5. The lowest BCUT2D eigenvalue weighted by atomic mass is 10.1. The second kappa shape index (κ2) is 6.34. The molecule has 0 radical (unpaired) electrons. The summed E-state index contributed by atoms with van der Waals surface area (Å²) < 4.78 is 9.40. The lowest BCUT2D eigenvalue weighted by Gasteiger charge is -2.14. The molecule has 0 bridgehead atoms. The SMILES string of the molecule is CCOC(=O)CN1CC(O)C(C(=O)OCC)C1=O. The predicted octanol–water partition coefficient (Wildman–Crippen LogP) is -1.07. The molecule has 7 nitrogen and oxygen atoms in total. The summed E-state index contributed by atoms with van der Waals surface area (Å²) in [6, 6.07) is 0. The lowest BCUT2D eigenvalue weighted by molar-refractivity contribution is -0.156. The maximum absolute atomic E-state index is 11.8. The van der Waals surface area contributed by atoms with E-state index in [0.717, 1.165) is 4.90 Å². The third-order valence-corrected chi connectivity index (χ3v) is 2.54. The van der Waals surface area contributed by atoms with Crippen LogP contribution in [0.5, 0.6) is 0 Å². The van der Waals surface area contributed by atoms with Crippen LogP contribution in [-0.2, 0) is 23.9 Å². The Labute approximate surface area is 105 Å². The molecule has 0 aromatic rings. The number of amides is 1. The minimum absolute atomic E-state index is 0.0683. The summed E-state index contributed by atoms with van der Waals surface area (Å²) in [6.45, 7) is 3.28. The average Bonchev–Trinajstić information content (AvgIpc) is 2.54. The van der Waals surface area contributed by atoms with Crippen LogP contribution in [0.25, 0.3) is 0 Å². The first-order chi connectivity index (χ1) is 8.51. The van der Waals surface area contributed by atoms with Gasteiger partial charge in [-0.15, -0.1) is 0 Å². The van der Waals surface area contributed by atoms with Crippen molar-refractivity contribution in [2.24, 2.45) is 5.92 Å². The minimum Gasteiger partial charge on any atom is -0.465 e. The summed E-state index contributed by atoms with van der Waals surface area (Å²) in [5.41, 5.74) is 0. The van der Waals surface area contributed by atoms with Gasteiger partial charge in [0.2, 0.25) is 5.91 Å². The number of aliphatic hydroxyl groups is 1. The largest absolute Gasteiger partial charge is 0.465 e. The molecule has 1 aliphatic rings. The highest BCUT2D eigenvalue weighted by Gasteiger charge is 2.45. The zero-order chi connectivity index (χ0) is 13.7. The van der Waals surface area contributed by atoms with E-state index in [1.807, 2.05) is 0 Å². The van der Waals surface area contributed by atoms with Gasteiger partial charge in [-0.25, -0.2) is 0 Å². The smallest absolute Gasteiger partial charge is 0.325 e. The van der Waals surface area contributed by atoms with Crippen molar-refractivity contribution in [2.45, 2.75) is 20.0 Å². The van der Waals surface area contributed by atoms with Crippen LogP contribution >= 0.6 is 0 Å². The van der Waals surface area contributed by atoms with Crippen molar-refractivity contribution in [1.82, 2.24) is 4.90 Å². The van der Waals surface area contributed by atoms with Crippen molar-refractivity contribution in [1.29, 1.82) is 0 Å². The molecular formula is C11H17NO6. The molecule has 102 valence electrons. The van der Waals surface area contributed by atoms with Crippen LogP contribution in [0.2, 0.25) is 0 Å². The number of likely N-dealkylation sites (tertiary alicyclic amines) is 1. The van der Waals surface area contributed by atoms with Crippen molar-refractivity contribution in [3.63, 3.8) is 0 Å². The molecule has 0 aromatic carbocycles. The van der Waals surface area contributed by atoms with Gasteiger partial charge in [-0.1, -0.05) is 0 Å². The van der Waals surface area contributed by atoms with Gasteiger partial charge in [0, 0.05) is 6.54 Å². The number of hydrogen-bond donors (Lipinski definition) is 1. The van der Waals surface area contributed by atoms with Gasteiger partial charge in [0.1, 0.15) is 6.54 Å². The summed E-state index contributed by atoms with van der Waals surface area (Å²) in [4.78, 5) is 35.6. The Hall–Kier alpha value is -1.63. The fraction of sp³-hybridized carbons (Fsp3) is 0.727. The van der Waals surface area contributed by atoms with Gasteiger partial charge >= 0.3 is 11.9 Å². The number of nitrogens with zero attached hydrogens (tertiary/aromatic N) is 1. The van der Waals surface area contributed by atoms with Crippen LogP contribution < -0.4 is 0 Å². The summed E-state index contributed by atoms with van der Waals surface area (Å²) in [6.07, 6.45) is -1.15. The second-order valence-corrected chi connectivity index (χ2v) is 3.82. The molecule has 0 spiro atoms. The molecule has 1 heterocycles. The van der Waals surface area contributed by atoms with E-state index in [-0.39, 0.29) is 26.3 Å². The number of esters is 2. The lowest BCUT2D eigenvalue weighted by Crippen LogP contribution is -2.36. The van der Waals surface area contributed by atoms with E-state index in [2.05, 4.69) is 0 Å². The molecule has 2 unspecified atom stereocenters. The zero-order valence-electron chi connectivity index (χ0n) is 10.4. The zero-order valence-corrected chi connectivity index (χ0v) is 10.4. The van der Waals surface area contributed by atoms with E-state index in [0.29, 0.717) is 0 Å². The summed E-state index contributed by atoms with van der Waals surface area (Å²) in [5, 5.41) is 9.65. The minimum atomic E-state index is -1.24. The molecule has 1 rings (SSSR count). The van der Waals surface area contributed by atoms with Crippen molar-refractivity contribution in [2.75, 3.05) is 26.3 Å². The molecule has 1 saturated heterocycles. The van der Waals surface area contributed by atoms with Crippen molar-refractivity contribution in [3.8, 4) is 0 Å². The third kappa shape index (κ3) is 3.19. The Morgan fingerprint density at radius 2 is 1.94 bits per heavy atom. The molecule has 18 heavy (non-hydrogen) atoms. The number of aliphatic hydroxyl groups excluding tert-OH is 1. The first-order valence-electron chi connectivity index (χ1n) is 5.80. The molecule has 1 N–H and O–H groups in total. The monoisotopic (exact) mass is 259 g/mol. The maximum atomic E-state index is 11.8. The van der Waals surface area contributed by atoms with E-state index < -0.39 is 29.9 Å². The van der Waals surface area contributed by atoms with Crippen LogP contribution in [0.1, 0.15) is 13.8 Å². The van der Waals surface area contributed by atoms with E-state index in [1.54, 1.807) is 13.8 Å². The number of carbonyl (C=O) groups is 3. The Kier molecular flexibility index (Phi) is 5.08. The quantitative estimate of drug-likeness (QED) is 0.499. The Morgan fingerprint density at radius 1 is 1.33 bits per heavy atom. The van der Waals surface area contributed by atoms with Gasteiger partial charge in [0.15, 0.2) is 5.92 Å². The van der Waals surface area contributed by atoms with Gasteiger partial charge in [-0.3, -0.25) is 14.4 Å². The molecule has 2 atom stereocenters. The van der Waals surface area contributed by atoms with E-state index in [1.165, 1.54) is 0 Å². The van der Waals surface area contributed by atoms with Crippen LogP contribution in [-0.4, -0.2) is 60.3 Å². The average molecular weight is 259 g/mol. The normalized spacial score (nSPS) is 23.1. The molecule has 0 saturated carbocycles.